The van der Waals surface area contributed by atoms with E-state index in [0.29, 0.717) is 6.10 Å². The predicted octanol–water partition coefficient (Wildman–Crippen LogP) is 3.03. The summed E-state index contributed by atoms with van der Waals surface area (Å²) in [6.07, 6.45) is 0.334. The monoisotopic (exact) mass is 274 g/mol. The molecule has 1 atom stereocenters. The van der Waals surface area contributed by atoms with Crippen molar-refractivity contribution in [1.82, 2.24) is 9.88 Å². The lowest BCUT2D eigenvalue weighted by atomic mass is 10.2. The van der Waals surface area contributed by atoms with Crippen LogP contribution in [0.1, 0.15) is 12.6 Å². The molecule has 100 valence electrons. The third kappa shape index (κ3) is 3.21. The second-order valence-electron chi connectivity index (χ2n) is 4.93. The first-order valence-corrected chi connectivity index (χ1v) is 7.53. The lowest BCUT2D eigenvalue weighted by molar-refractivity contribution is -0.0215. The summed E-state index contributed by atoms with van der Waals surface area (Å²) in [5.41, 5.74) is 2.37. The highest BCUT2D eigenvalue weighted by molar-refractivity contribution is 7.13. The van der Waals surface area contributed by atoms with Gasteiger partial charge < -0.3 is 4.74 Å². The minimum Gasteiger partial charge on any atom is -0.376 e. The first-order chi connectivity index (χ1) is 9.31. The minimum absolute atomic E-state index is 0.334. The molecule has 1 aromatic carbocycles. The van der Waals surface area contributed by atoms with Gasteiger partial charge in [0.15, 0.2) is 0 Å². The van der Waals surface area contributed by atoms with Gasteiger partial charge in [-0.3, -0.25) is 4.90 Å². The average Bonchev–Trinajstić information content (AvgIpc) is 2.88. The maximum Gasteiger partial charge on any atom is 0.123 e. The summed E-state index contributed by atoms with van der Waals surface area (Å²) < 4.78 is 5.56. The Bertz CT molecular complexity index is 526. The van der Waals surface area contributed by atoms with Gasteiger partial charge in [-0.25, -0.2) is 4.98 Å². The zero-order valence-electron chi connectivity index (χ0n) is 11.1. The molecule has 19 heavy (non-hydrogen) atoms. The fourth-order valence-electron chi connectivity index (χ4n) is 2.36. The fourth-order valence-corrected chi connectivity index (χ4v) is 3.17. The summed E-state index contributed by atoms with van der Waals surface area (Å²) in [7, 11) is 0. The van der Waals surface area contributed by atoms with Crippen LogP contribution in [-0.4, -0.2) is 35.7 Å². The lowest BCUT2D eigenvalue weighted by Crippen LogP contribution is -2.40. The van der Waals surface area contributed by atoms with Crippen LogP contribution in [-0.2, 0) is 11.3 Å². The van der Waals surface area contributed by atoms with Gasteiger partial charge >= 0.3 is 0 Å². The maximum atomic E-state index is 5.56. The number of ether oxygens (including phenoxy) is 1. The van der Waals surface area contributed by atoms with E-state index in [0.717, 1.165) is 36.9 Å². The molecule has 4 heteroatoms. The molecule has 2 aromatic rings. The standard InChI is InChI=1S/C15H18N2OS/c1-12-9-17(7-8-18-12)10-14-11-19-15(16-14)13-5-3-2-4-6-13/h2-6,11-12H,7-10H2,1H3/t12-/m1/s1. The predicted molar refractivity (Wildman–Crippen MR) is 78.2 cm³/mol. The van der Waals surface area contributed by atoms with E-state index in [1.807, 2.05) is 6.07 Å². The number of morpholine rings is 1. The van der Waals surface area contributed by atoms with Gasteiger partial charge in [0, 0.05) is 30.6 Å². The number of benzene rings is 1. The molecule has 3 nitrogen and oxygen atoms in total. The number of aromatic nitrogens is 1. The van der Waals surface area contributed by atoms with E-state index >= 15 is 0 Å². The van der Waals surface area contributed by atoms with Crippen molar-refractivity contribution < 1.29 is 4.74 Å². The first kappa shape index (κ1) is 12.8. The van der Waals surface area contributed by atoms with Crippen molar-refractivity contribution in [2.45, 2.75) is 19.6 Å². The molecule has 2 heterocycles. The molecule has 0 saturated carbocycles. The van der Waals surface area contributed by atoms with Crippen LogP contribution in [0.25, 0.3) is 10.6 Å². The van der Waals surface area contributed by atoms with Crippen LogP contribution in [0.4, 0.5) is 0 Å². The summed E-state index contributed by atoms with van der Waals surface area (Å²) in [5, 5.41) is 3.28. The van der Waals surface area contributed by atoms with Crippen LogP contribution in [0.5, 0.6) is 0 Å². The van der Waals surface area contributed by atoms with E-state index in [1.165, 1.54) is 5.56 Å². The van der Waals surface area contributed by atoms with Crippen LogP contribution >= 0.6 is 11.3 Å². The molecule has 0 bridgehead atoms. The smallest absolute Gasteiger partial charge is 0.123 e. The molecule has 0 radical (unpaired) electrons. The molecule has 1 aliphatic rings. The summed E-state index contributed by atoms with van der Waals surface area (Å²) >= 11 is 1.72. The Morgan fingerprint density at radius 1 is 1.37 bits per heavy atom. The third-order valence-electron chi connectivity index (χ3n) is 3.28. The van der Waals surface area contributed by atoms with E-state index in [2.05, 4.69) is 41.5 Å². The number of nitrogens with zero attached hydrogens (tertiary/aromatic N) is 2. The van der Waals surface area contributed by atoms with Gasteiger partial charge in [0.05, 0.1) is 18.4 Å². The quantitative estimate of drug-likeness (QED) is 0.860. The average molecular weight is 274 g/mol. The van der Waals surface area contributed by atoms with Gasteiger partial charge in [-0.15, -0.1) is 11.3 Å². The molecule has 0 amide bonds. The van der Waals surface area contributed by atoms with Gasteiger partial charge in [-0.05, 0) is 6.92 Å². The number of hydrogen-bond acceptors (Lipinski definition) is 4. The van der Waals surface area contributed by atoms with Crippen LogP contribution < -0.4 is 0 Å². The summed E-state index contributed by atoms with van der Waals surface area (Å²) in [4.78, 5) is 7.15. The van der Waals surface area contributed by atoms with Crippen molar-refractivity contribution in [2.24, 2.45) is 0 Å². The molecule has 1 aromatic heterocycles. The summed E-state index contributed by atoms with van der Waals surface area (Å²) in [6, 6.07) is 10.4. The highest BCUT2D eigenvalue weighted by Gasteiger charge is 2.17. The van der Waals surface area contributed by atoms with E-state index in [-0.39, 0.29) is 0 Å². The SMILES string of the molecule is C[C@@H]1CN(Cc2csc(-c3ccccc3)n2)CCO1. The highest BCUT2D eigenvalue weighted by atomic mass is 32.1. The molecule has 0 spiro atoms. The number of thiazole rings is 1. The Hall–Kier alpha value is -1.23. The Labute approximate surface area is 117 Å². The molecule has 1 aliphatic heterocycles. The van der Waals surface area contributed by atoms with E-state index in [1.54, 1.807) is 11.3 Å². The Morgan fingerprint density at radius 3 is 3.00 bits per heavy atom. The highest BCUT2D eigenvalue weighted by Crippen LogP contribution is 2.24. The third-order valence-corrected chi connectivity index (χ3v) is 4.22. The second kappa shape index (κ2) is 5.82. The van der Waals surface area contributed by atoms with Gasteiger partial charge in [-0.1, -0.05) is 30.3 Å². The number of rotatable bonds is 3. The van der Waals surface area contributed by atoms with E-state index in [4.69, 9.17) is 9.72 Å². The molecule has 3 rings (SSSR count). The van der Waals surface area contributed by atoms with Crippen LogP contribution in [0.3, 0.4) is 0 Å². The van der Waals surface area contributed by atoms with E-state index in [9.17, 15) is 0 Å². The molecule has 0 aliphatic carbocycles. The van der Waals surface area contributed by atoms with Crippen molar-refractivity contribution in [3.8, 4) is 10.6 Å². The van der Waals surface area contributed by atoms with Crippen molar-refractivity contribution in [2.75, 3.05) is 19.7 Å². The largest absolute Gasteiger partial charge is 0.376 e. The Morgan fingerprint density at radius 2 is 2.21 bits per heavy atom. The first-order valence-electron chi connectivity index (χ1n) is 6.65. The lowest BCUT2D eigenvalue weighted by Gasteiger charge is -2.30. The van der Waals surface area contributed by atoms with Crippen molar-refractivity contribution in [3.05, 3.63) is 41.4 Å². The Balaban J connectivity index is 1.68. The fraction of sp³-hybridized carbons (Fsp3) is 0.400. The summed E-state index contributed by atoms with van der Waals surface area (Å²) in [6.45, 7) is 5.89. The van der Waals surface area contributed by atoms with Gasteiger partial charge in [-0.2, -0.15) is 0 Å². The van der Waals surface area contributed by atoms with Crippen LogP contribution in [0.15, 0.2) is 35.7 Å². The molecule has 1 saturated heterocycles. The van der Waals surface area contributed by atoms with Crippen molar-refractivity contribution in [1.29, 1.82) is 0 Å². The topological polar surface area (TPSA) is 25.4 Å². The second-order valence-corrected chi connectivity index (χ2v) is 5.78. The van der Waals surface area contributed by atoms with Crippen LogP contribution in [0.2, 0.25) is 0 Å². The van der Waals surface area contributed by atoms with Crippen molar-refractivity contribution in [3.63, 3.8) is 0 Å². The number of hydrogen-bond donors (Lipinski definition) is 0. The van der Waals surface area contributed by atoms with Gasteiger partial charge in [0.25, 0.3) is 0 Å². The maximum absolute atomic E-state index is 5.56. The van der Waals surface area contributed by atoms with Gasteiger partial charge in [0.1, 0.15) is 5.01 Å². The zero-order chi connectivity index (χ0) is 13.1. The van der Waals surface area contributed by atoms with Crippen LogP contribution in [0, 0.1) is 0 Å². The van der Waals surface area contributed by atoms with Crippen molar-refractivity contribution >= 4 is 11.3 Å². The normalized spacial score (nSPS) is 20.6. The molecule has 0 N–H and O–H groups in total. The minimum atomic E-state index is 0.334. The molecule has 0 unspecified atom stereocenters. The summed E-state index contributed by atoms with van der Waals surface area (Å²) in [5.74, 6) is 0. The van der Waals surface area contributed by atoms with Gasteiger partial charge in [0.2, 0.25) is 0 Å². The molecule has 1 fully saturated rings. The molecular weight excluding hydrogens is 256 g/mol. The Kier molecular flexibility index (Phi) is 3.92. The molecular formula is C15H18N2OS. The van der Waals surface area contributed by atoms with E-state index < -0.39 is 0 Å². The zero-order valence-corrected chi connectivity index (χ0v) is 11.9.